The first-order valence-corrected chi connectivity index (χ1v) is 11.0. The van der Waals surface area contributed by atoms with Gasteiger partial charge in [0.1, 0.15) is 0 Å². The van der Waals surface area contributed by atoms with Gasteiger partial charge in [0.05, 0.1) is 17.1 Å². The molecule has 6 rings (SSSR count). The van der Waals surface area contributed by atoms with E-state index < -0.39 is 0 Å². The monoisotopic (exact) mass is 430 g/mol. The Morgan fingerprint density at radius 2 is 1.39 bits per heavy atom. The number of fused-ring (bicyclic) bond motifs is 1. The Balaban J connectivity index is 1.25. The number of halogens is 1. The van der Waals surface area contributed by atoms with E-state index in [0.29, 0.717) is 29.0 Å². The van der Waals surface area contributed by atoms with Gasteiger partial charge in [-0.2, -0.15) is 0 Å². The zero-order valence-electron chi connectivity index (χ0n) is 17.0. The fourth-order valence-electron chi connectivity index (χ4n) is 5.17. The lowest BCUT2D eigenvalue weighted by atomic mass is 9.59. The summed E-state index contributed by atoms with van der Waals surface area (Å²) in [4.78, 5) is 24.7. The van der Waals surface area contributed by atoms with Crippen molar-refractivity contribution in [2.75, 3.05) is 13.1 Å². The first-order chi connectivity index (χ1) is 15.1. The lowest BCUT2D eigenvalue weighted by Crippen LogP contribution is -2.42. The van der Waals surface area contributed by atoms with E-state index in [1.165, 1.54) is 22.3 Å². The summed E-state index contributed by atoms with van der Waals surface area (Å²) < 4.78 is 0. The second kappa shape index (κ2) is 8.20. The summed E-state index contributed by atoms with van der Waals surface area (Å²) in [5.74, 6) is 0.455. The van der Waals surface area contributed by atoms with Gasteiger partial charge in [0.15, 0.2) is 0 Å². The second-order valence-corrected chi connectivity index (χ2v) is 8.66. The Hall–Kier alpha value is -3.11. The van der Waals surface area contributed by atoms with E-state index in [-0.39, 0.29) is 24.3 Å². The molecule has 0 aromatic heterocycles. The number of rotatable bonds is 5. The molecule has 0 radical (unpaired) electrons. The maximum Gasteiger partial charge on any atom is 0.253 e. The zero-order chi connectivity index (χ0) is 21.4. The van der Waals surface area contributed by atoms with Crippen molar-refractivity contribution in [3.05, 3.63) is 106 Å². The van der Waals surface area contributed by atoms with E-state index in [9.17, 15) is 9.59 Å². The average Bonchev–Trinajstić information content (AvgIpc) is 2.81. The molecule has 3 aromatic rings. The maximum absolute atomic E-state index is 12.4. The quantitative estimate of drug-likeness (QED) is 0.626. The number of hydrogen-bond acceptors (Lipinski definition) is 2. The average molecular weight is 431 g/mol. The molecule has 2 bridgehead atoms. The molecule has 2 N–H and O–H groups in total. The summed E-state index contributed by atoms with van der Waals surface area (Å²) in [7, 11) is 0. The minimum absolute atomic E-state index is 0.0714. The van der Waals surface area contributed by atoms with Crippen LogP contribution in [0.25, 0.3) is 0 Å². The molecule has 1 unspecified atom stereocenters. The minimum Gasteiger partial charge on any atom is -0.354 e. The first kappa shape index (κ1) is 19.8. The number of benzene rings is 3. The molecule has 4 nitrogen and oxygen atoms in total. The topological polar surface area (TPSA) is 58.2 Å². The van der Waals surface area contributed by atoms with Gasteiger partial charge in [-0.1, -0.05) is 72.3 Å². The van der Waals surface area contributed by atoms with Crippen molar-refractivity contribution in [1.29, 1.82) is 0 Å². The van der Waals surface area contributed by atoms with E-state index in [1.807, 2.05) is 0 Å². The van der Waals surface area contributed by atoms with Crippen molar-refractivity contribution in [1.82, 2.24) is 10.6 Å². The van der Waals surface area contributed by atoms with Crippen LogP contribution in [0.1, 0.15) is 50.9 Å². The van der Waals surface area contributed by atoms with Crippen LogP contribution in [0.15, 0.2) is 72.8 Å². The first-order valence-electron chi connectivity index (χ1n) is 10.6. The van der Waals surface area contributed by atoms with Crippen LogP contribution in [0.3, 0.4) is 0 Å². The molecule has 156 valence electrons. The van der Waals surface area contributed by atoms with Crippen LogP contribution >= 0.6 is 11.6 Å². The lowest BCUT2D eigenvalue weighted by Gasteiger charge is -2.45. The number of hydrogen-bond donors (Lipinski definition) is 2. The van der Waals surface area contributed by atoms with Gasteiger partial charge < -0.3 is 10.6 Å². The molecule has 0 fully saturated rings. The van der Waals surface area contributed by atoms with Crippen molar-refractivity contribution in [2.45, 2.75) is 18.3 Å². The summed E-state index contributed by atoms with van der Waals surface area (Å²) in [5.41, 5.74) is 5.96. The van der Waals surface area contributed by atoms with Crippen LogP contribution in [0, 0.1) is 5.92 Å². The summed E-state index contributed by atoms with van der Waals surface area (Å²) in [6.07, 6.45) is 1.02. The Bertz CT molecular complexity index is 1110. The molecule has 1 atom stereocenters. The molecule has 5 heteroatoms. The molecule has 0 saturated carbocycles. The number of nitrogens with one attached hydrogen (secondary N) is 2. The molecule has 3 aliphatic carbocycles. The van der Waals surface area contributed by atoms with Crippen molar-refractivity contribution < 1.29 is 9.59 Å². The van der Waals surface area contributed by atoms with Gasteiger partial charge >= 0.3 is 0 Å². The van der Waals surface area contributed by atoms with Crippen LogP contribution < -0.4 is 10.6 Å². The largest absolute Gasteiger partial charge is 0.354 e. The summed E-state index contributed by atoms with van der Waals surface area (Å²) in [5, 5.41) is 6.06. The van der Waals surface area contributed by atoms with E-state index in [0.717, 1.165) is 6.42 Å². The van der Waals surface area contributed by atoms with Gasteiger partial charge in [0, 0.05) is 18.4 Å². The van der Waals surface area contributed by atoms with E-state index >= 15 is 0 Å². The normalized spacial score (nSPS) is 20.5. The minimum atomic E-state index is -0.347. The molecule has 3 aromatic carbocycles. The maximum atomic E-state index is 12.4. The molecule has 3 aliphatic rings. The van der Waals surface area contributed by atoms with E-state index in [2.05, 4.69) is 59.2 Å². The third-order valence-electron chi connectivity index (χ3n) is 6.51. The Labute approximate surface area is 186 Å². The number of carbonyl (C=O) groups excluding carboxylic acids is 2. The smallest absolute Gasteiger partial charge is 0.253 e. The van der Waals surface area contributed by atoms with Crippen LogP contribution in [0.5, 0.6) is 0 Å². The van der Waals surface area contributed by atoms with Gasteiger partial charge in [-0.05, 0) is 46.7 Å². The molecule has 0 saturated heterocycles. The molecular weight excluding hydrogens is 408 g/mol. The van der Waals surface area contributed by atoms with Crippen molar-refractivity contribution in [3.8, 4) is 0 Å². The summed E-state index contributed by atoms with van der Waals surface area (Å²) in [6.45, 7) is 0.517. The lowest BCUT2D eigenvalue weighted by molar-refractivity contribution is -0.120. The van der Waals surface area contributed by atoms with Crippen LogP contribution in [0.4, 0.5) is 0 Å². The number of carbonyl (C=O) groups is 2. The highest BCUT2D eigenvalue weighted by atomic mass is 35.5. The number of amides is 2. The van der Waals surface area contributed by atoms with E-state index in [4.69, 9.17) is 11.6 Å². The van der Waals surface area contributed by atoms with Crippen molar-refractivity contribution in [2.24, 2.45) is 5.92 Å². The molecular formula is C26H23ClN2O2. The summed E-state index contributed by atoms with van der Waals surface area (Å²) in [6, 6.07) is 24.2. The van der Waals surface area contributed by atoms with Crippen LogP contribution in [-0.4, -0.2) is 24.9 Å². The van der Waals surface area contributed by atoms with Gasteiger partial charge in [-0.25, -0.2) is 0 Å². The van der Waals surface area contributed by atoms with Crippen LogP contribution in [0.2, 0.25) is 5.02 Å². The van der Waals surface area contributed by atoms with Crippen LogP contribution in [-0.2, 0) is 4.79 Å². The van der Waals surface area contributed by atoms with Gasteiger partial charge in [0.2, 0.25) is 5.91 Å². The third-order valence-corrected chi connectivity index (χ3v) is 6.84. The predicted molar refractivity (Wildman–Crippen MR) is 121 cm³/mol. The standard InChI is InChI=1S/C26H23ClN2O2/c27-23-12-6-5-11-21(23)26(31)29-15-24(30)28-14-16-13-22-17-7-1-3-9-19(17)25(16)20-10-4-2-8-18(20)22/h1-12,16,22,25H,13-15H2,(H,28,30)(H,29,31). The molecule has 0 spiro atoms. The fourth-order valence-corrected chi connectivity index (χ4v) is 5.39. The third kappa shape index (κ3) is 3.61. The van der Waals surface area contributed by atoms with E-state index in [1.54, 1.807) is 24.3 Å². The Morgan fingerprint density at radius 1 is 0.806 bits per heavy atom. The van der Waals surface area contributed by atoms with Crippen molar-refractivity contribution in [3.63, 3.8) is 0 Å². The summed E-state index contributed by atoms with van der Waals surface area (Å²) >= 11 is 6.05. The SMILES string of the molecule is O=C(CNC(=O)c1ccccc1Cl)NCC1CC2c3ccccc3C1c1ccccc12. The Kier molecular flexibility index (Phi) is 5.24. The Morgan fingerprint density at radius 3 is 2.03 bits per heavy atom. The zero-order valence-corrected chi connectivity index (χ0v) is 17.7. The fraction of sp³-hybridized carbons (Fsp3) is 0.231. The van der Waals surface area contributed by atoms with Gasteiger partial charge in [0.25, 0.3) is 5.91 Å². The molecule has 31 heavy (non-hydrogen) atoms. The highest BCUT2D eigenvalue weighted by Gasteiger charge is 2.42. The molecule has 0 aliphatic heterocycles. The predicted octanol–water partition coefficient (Wildman–Crippen LogP) is 4.48. The van der Waals surface area contributed by atoms with Gasteiger partial charge in [-0.3, -0.25) is 9.59 Å². The highest BCUT2D eigenvalue weighted by molar-refractivity contribution is 6.33. The second-order valence-electron chi connectivity index (χ2n) is 8.25. The van der Waals surface area contributed by atoms with Crippen molar-refractivity contribution >= 4 is 23.4 Å². The molecule has 2 amide bonds. The van der Waals surface area contributed by atoms with Gasteiger partial charge in [-0.15, -0.1) is 0 Å². The molecule has 0 heterocycles. The highest BCUT2D eigenvalue weighted by Crippen LogP contribution is 2.55.